The van der Waals surface area contributed by atoms with E-state index in [0.717, 1.165) is 37.5 Å². The first kappa shape index (κ1) is 16.8. The summed E-state index contributed by atoms with van der Waals surface area (Å²) in [5.41, 5.74) is 1.95. The van der Waals surface area contributed by atoms with Gasteiger partial charge < -0.3 is 14.5 Å². The number of quaternary nitrogens is 1. The third-order valence-electron chi connectivity index (χ3n) is 4.48. The number of benzene rings is 2. The highest BCUT2D eigenvalue weighted by Gasteiger charge is 2.22. The summed E-state index contributed by atoms with van der Waals surface area (Å²) >= 11 is 5.87. The Morgan fingerprint density at radius 3 is 2.29 bits per heavy atom. The second-order valence-electron chi connectivity index (χ2n) is 6.04. The van der Waals surface area contributed by atoms with Crippen molar-refractivity contribution in [3.8, 4) is 5.75 Å². The Bertz CT molecular complexity index is 678. The first-order chi connectivity index (χ1) is 11.7. The van der Waals surface area contributed by atoms with Crippen LogP contribution in [0, 0.1) is 0 Å². The molecule has 0 bridgehead atoms. The maximum absolute atomic E-state index is 12.4. The molecular formula is C19H22ClN2O2+. The number of piperazine rings is 1. The molecule has 4 nitrogen and oxygen atoms in total. The van der Waals surface area contributed by atoms with Crippen LogP contribution in [0.1, 0.15) is 10.4 Å². The lowest BCUT2D eigenvalue weighted by Gasteiger charge is -2.33. The summed E-state index contributed by atoms with van der Waals surface area (Å²) in [6.45, 7) is 4.37. The lowest BCUT2D eigenvalue weighted by atomic mass is 10.1. The monoisotopic (exact) mass is 345 g/mol. The molecule has 0 saturated carbocycles. The summed E-state index contributed by atoms with van der Waals surface area (Å²) in [7, 11) is 1.68. The Hall–Kier alpha value is -2.04. The summed E-state index contributed by atoms with van der Waals surface area (Å²) in [5.74, 6) is 1.05. The maximum atomic E-state index is 12.4. The van der Waals surface area contributed by atoms with E-state index in [1.807, 2.05) is 12.1 Å². The van der Waals surface area contributed by atoms with Gasteiger partial charge in [-0.1, -0.05) is 11.6 Å². The van der Waals surface area contributed by atoms with Crippen LogP contribution in [-0.2, 0) is 0 Å². The zero-order chi connectivity index (χ0) is 16.9. The average Bonchev–Trinajstić information content (AvgIpc) is 2.63. The molecule has 1 N–H and O–H groups in total. The van der Waals surface area contributed by atoms with Crippen LogP contribution in [-0.4, -0.2) is 45.6 Å². The van der Waals surface area contributed by atoms with E-state index >= 15 is 0 Å². The minimum atomic E-state index is 0.180. The number of carbonyl (C=O) groups excluding carboxylic acids is 1. The van der Waals surface area contributed by atoms with E-state index in [4.69, 9.17) is 16.3 Å². The Balaban J connectivity index is 1.52. The summed E-state index contributed by atoms with van der Waals surface area (Å²) < 4.78 is 5.20. The van der Waals surface area contributed by atoms with Crippen LogP contribution in [0.4, 0.5) is 5.69 Å². The zero-order valence-corrected chi connectivity index (χ0v) is 14.6. The van der Waals surface area contributed by atoms with E-state index in [-0.39, 0.29) is 5.78 Å². The highest BCUT2D eigenvalue weighted by atomic mass is 35.5. The van der Waals surface area contributed by atoms with E-state index in [1.54, 1.807) is 31.4 Å². The fourth-order valence-corrected chi connectivity index (χ4v) is 3.14. The summed E-state index contributed by atoms with van der Waals surface area (Å²) in [5, 5.41) is 0.659. The van der Waals surface area contributed by atoms with Crippen LogP contribution in [0.2, 0.25) is 5.02 Å². The SMILES string of the molecule is COc1ccc(N2CC[NH+](CC(=O)c3ccc(Cl)cc3)CC2)cc1. The Morgan fingerprint density at radius 2 is 1.71 bits per heavy atom. The number of hydrogen-bond acceptors (Lipinski definition) is 3. The van der Waals surface area contributed by atoms with Crippen molar-refractivity contribution in [3.63, 3.8) is 0 Å². The van der Waals surface area contributed by atoms with Crippen LogP contribution in [0.3, 0.4) is 0 Å². The number of anilines is 1. The molecule has 2 aromatic rings. The van der Waals surface area contributed by atoms with Gasteiger partial charge in [-0.3, -0.25) is 4.79 Å². The molecule has 0 atom stereocenters. The van der Waals surface area contributed by atoms with Gasteiger partial charge in [0.1, 0.15) is 12.3 Å². The smallest absolute Gasteiger partial charge is 0.216 e. The second kappa shape index (κ2) is 7.69. The molecule has 1 aliphatic heterocycles. The van der Waals surface area contributed by atoms with Gasteiger partial charge in [-0.2, -0.15) is 0 Å². The number of ether oxygens (including phenoxy) is 1. The molecule has 0 radical (unpaired) electrons. The fraction of sp³-hybridized carbons (Fsp3) is 0.316. The lowest BCUT2D eigenvalue weighted by Crippen LogP contribution is -3.15. The average molecular weight is 346 g/mol. The summed E-state index contributed by atoms with van der Waals surface area (Å²) in [4.78, 5) is 16.0. The number of halogens is 1. The third-order valence-corrected chi connectivity index (χ3v) is 4.74. The highest BCUT2D eigenvalue weighted by Crippen LogP contribution is 2.19. The van der Waals surface area contributed by atoms with Crippen molar-refractivity contribution in [1.82, 2.24) is 0 Å². The number of nitrogens with one attached hydrogen (secondary N) is 1. The van der Waals surface area contributed by atoms with Gasteiger partial charge in [-0.25, -0.2) is 0 Å². The molecule has 126 valence electrons. The van der Waals surface area contributed by atoms with Crippen molar-refractivity contribution in [2.45, 2.75) is 0 Å². The summed E-state index contributed by atoms with van der Waals surface area (Å²) in [6.07, 6.45) is 0. The van der Waals surface area contributed by atoms with Gasteiger partial charge in [-0.15, -0.1) is 0 Å². The van der Waals surface area contributed by atoms with E-state index in [1.165, 1.54) is 10.6 Å². The predicted octanol–water partition coefficient (Wildman–Crippen LogP) is 1.94. The molecule has 1 aliphatic rings. The van der Waals surface area contributed by atoms with Crippen LogP contribution < -0.4 is 14.5 Å². The van der Waals surface area contributed by atoms with E-state index in [0.29, 0.717) is 11.6 Å². The van der Waals surface area contributed by atoms with Gasteiger partial charge in [0.15, 0.2) is 0 Å². The lowest BCUT2D eigenvalue weighted by molar-refractivity contribution is -0.892. The fourth-order valence-electron chi connectivity index (χ4n) is 3.02. The van der Waals surface area contributed by atoms with E-state index < -0.39 is 0 Å². The molecule has 0 spiro atoms. The minimum absolute atomic E-state index is 0.180. The minimum Gasteiger partial charge on any atom is -0.497 e. The molecule has 24 heavy (non-hydrogen) atoms. The Labute approximate surface area is 147 Å². The Kier molecular flexibility index (Phi) is 5.38. The van der Waals surface area contributed by atoms with Gasteiger partial charge in [-0.05, 0) is 48.5 Å². The van der Waals surface area contributed by atoms with Gasteiger partial charge in [0, 0.05) is 16.3 Å². The van der Waals surface area contributed by atoms with E-state index in [2.05, 4.69) is 17.0 Å². The molecule has 3 rings (SSSR count). The van der Waals surface area contributed by atoms with Crippen molar-refractivity contribution in [1.29, 1.82) is 0 Å². The first-order valence-corrected chi connectivity index (χ1v) is 8.55. The van der Waals surface area contributed by atoms with Crippen molar-refractivity contribution >= 4 is 23.1 Å². The number of methoxy groups -OCH3 is 1. The largest absolute Gasteiger partial charge is 0.497 e. The molecule has 0 aliphatic carbocycles. The second-order valence-corrected chi connectivity index (χ2v) is 6.48. The van der Waals surface area contributed by atoms with Gasteiger partial charge in [0.2, 0.25) is 5.78 Å². The normalized spacial score (nSPS) is 15.3. The standard InChI is InChI=1S/C19H21ClN2O2/c1-24-18-8-6-17(7-9-18)22-12-10-21(11-13-22)14-19(23)15-2-4-16(20)5-3-15/h2-9H,10-14H2,1H3/p+1. The number of Topliss-reactive ketones (excluding diaryl/α,β-unsaturated/α-hetero) is 1. The number of nitrogens with zero attached hydrogens (tertiary/aromatic N) is 1. The van der Waals surface area contributed by atoms with Gasteiger partial charge >= 0.3 is 0 Å². The number of rotatable bonds is 5. The molecule has 1 heterocycles. The van der Waals surface area contributed by atoms with Crippen molar-refractivity contribution in [3.05, 3.63) is 59.1 Å². The first-order valence-electron chi connectivity index (χ1n) is 8.17. The zero-order valence-electron chi connectivity index (χ0n) is 13.8. The van der Waals surface area contributed by atoms with Crippen molar-refractivity contribution < 1.29 is 14.4 Å². The molecule has 0 aromatic heterocycles. The Morgan fingerprint density at radius 1 is 1.08 bits per heavy atom. The summed E-state index contributed by atoms with van der Waals surface area (Å²) in [6, 6.07) is 15.3. The van der Waals surface area contributed by atoms with E-state index in [9.17, 15) is 4.79 Å². The molecule has 0 unspecified atom stereocenters. The maximum Gasteiger partial charge on any atom is 0.216 e. The van der Waals surface area contributed by atoms with Gasteiger partial charge in [0.05, 0.1) is 33.3 Å². The molecule has 1 saturated heterocycles. The van der Waals surface area contributed by atoms with Crippen LogP contribution in [0.25, 0.3) is 0 Å². The number of carbonyl (C=O) groups is 1. The van der Waals surface area contributed by atoms with Gasteiger partial charge in [0.25, 0.3) is 0 Å². The number of ketones is 1. The predicted molar refractivity (Wildman–Crippen MR) is 96.6 cm³/mol. The van der Waals surface area contributed by atoms with Crippen LogP contribution >= 0.6 is 11.6 Å². The highest BCUT2D eigenvalue weighted by molar-refractivity contribution is 6.30. The van der Waals surface area contributed by atoms with Crippen LogP contribution in [0.5, 0.6) is 5.75 Å². The quantitative estimate of drug-likeness (QED) is 0.841. The molecule has 5 heteroatoms. The molecule has 0 amide bonds. The third kappa shape index (κ3) is 4.08. The molecule has 2 aromatic carbocycles. The van der Waals surface area contributed by atoms with Crippen molar-refractivity contribution in [2.75, 3.05) is 44.7 Å². The molecular weight excluding hydrogens is 324 g/mol. The topological polar surface area (TPSA) is 34.0 Å². The number of hydrogen-bond donors (Lipinski definition) is 1. The van der Waals surface area contributed by atoms with Crippen LogP contribution in [0.15, 0.2) is 48.5 Å². The molecule has 1 fully saturated rings. The van der Waals surface area contributed by atoms with Crippen molar-refractivity contribution in [2.24, 2.45) is 0 Å².